The fourth-order valence-corrected chi connectivity index (χ4v) is 3.73. The number of amidine groups is 1. The van der Waals surface area contributed by atoms with Gasteiger partial charge in [-0.05, 0) is 50.8 Å². The fourth-order valence-electron chi connectivity index (χ4n) is 2.54. The van der Waals surface area contributed by atoms with E-state index in [0.717, 1.165) is 40.0 Å². The van der Waals surface area contributed by atoms with Gasteiger partial charge in [0.05, 0.1) is 12.3 Å². The molecule has 0 spiro atoms. The molecule has 0 radical (unpaired) electrons. The van der Waals surface area contributed by atoms with Crippen LogP contribution in [0, 0.1) is 5.92 Å². The van der Waals surface area contributed by atoms with Gasteiger partial charge in [0, 0.05) is 16.6 Å². The Morgan fingerprint density at radius 3 is 2.81 bits per heavy atom. The van der Waals surface area contributed by atoms with E-state index < -0.39 is 0 Å². The number of aliphatic imine (C=N–C) groups is 1. The van der Waals surface area contributed by atoms with Gasteiger partial charge < -0.3 is 10.1 Å². The molecule has 1 aromatic heterocycles. The second-order valence-corrected chi connectivity index (χ2v) is 7.80. The van der Waals surface area contributed by atoms with Crippen molar-refractivity contribution in [3.63, 3.8) is 0 Å². The quantitative estimate of drug-likeness (QED) is 0.428. The minimum Gasteiger partial charge on any atom is -0.494 e. The monoisotopic (exact) mass is 383 g/mol. The number of hydrogen-bond acceptors (Lipinski definition) is 4. The Hall–Kier alpha value is -2.40. The minimum atomic E-state index is 0.546. The van der Waals surface area contributed by atoms with Crippen LogP contribution in [-0.2, 0) is 6.42 Å². The van der Waals surface area contributed by atoms with Gasteiger partial charge in [-0.3, -0.25) is 0 Å². The fraction of sp³-hybridized carbons (Fsp3) is 0.364. The summed E-state index contributed by atoms with van der Waals surface area (Å²) in [6.45, 7) is 15.0. The Balaban J connectivity index is 2.42. The Labute approximate surface area is 166 Å². The van der Waals surface area contributed by atoms with Crippen LogP contribution < -0.4 is 10.1 Å². The summed E-state index contributed by atoms with van der Waals surface area (Å²) in [5.74, 6) is 2.14. The number of aromatic nitrogens is 1. The molecular weight excluding hydrogens is 354 g/mol. The van der Waals surface area contributed by atoms with Gasteiger partial charge in [0.1, 0.15) is 11.6 Å². The van der Waals surface area contributed by atoms with Gasteiger partial charge in [-0.1, -0.05) is 38.6 Å². The molecule has 0 amide bonds. The van der Waals surface area contributed by atoms with E-state index in [1.165, 1.54) is 4.88 Å². The average molecular weight is 384 g/mol. The van der Waals surface area contributed by atoms with Gasteiger partial charge in [-0.2, -0.15) is 0 Å². The SMILES string of the molecule is C=C(C)C(=N/C=C\C)Nc1nc(-c2cccc(OCC)c2)c(CC(C)C)s1. The molecule has 0 saturated carbocycles. The maximum Gasteiger partial charge on any atom is 0.189 e. The van der Waals surface area contributed by atoms with Crippen LogP contribution in [0.2, 0.25) is 0 Å². The second kappa shape index (κ2) is 10.1. The van der Waals surface area contributed by atoms with E-state index in [1.54, 1.807) is 17.5 Å². The van der Waals surface area contributed by atoms with E-state index in [4.69, 9.17) is 9.72 Å². The summed E-state index contributed by atoms with van der Waals surface area (Å²) in [4.78, 5) is 10.5. The highest BCUT2D eigenvalue weighted by Crippen LogP contribution is 2.34. The molecule has 1 N–H and O–H groups in total. The molecule has 0 aliphatic heterocycles. The molecule has 27 heavy (non-hydrogen) atoms. The van der Waals surface area contributed by atoms with Crippen molar-refractivity contribution in [2.24, 2.45) is 10.9 Å². The smallest absolute Gasteiger partial charge is 0.189 e. The normalized spacial score (nSPS) is 12.0. The van der Waals surface area contributed by atoms with E-state index in [0.29, 0.717) is 12.5 Å². The third-order valence-electron chi connectivity index (χ3n) is 3.69. The standard InChI is InChI=1S/C22H29N3OS/c1-7-12-23-21(16(5)6)25-22-24-20(19(27-22)13-15(3)4)17-10-9-11-18(14-17)26-8-2/h7,9-12,14-15H,5,8,13H2,1-4,6H3,(H,23,24,25)/b12-7-. The van der Waals surface area contributed by atoms with Crippen LogP contribution in [0.1, 0.15) is 39.5 Å². The molecule has 2 rings (SSSR count). The first-order valence-corrected chi connectivity index (χ1v) is 10.1. The summed E-state index contributed by atoms with van der Waals surface area (Å²) in [5.41, 5.74) is 2.95. The van der Waals surface area contributed by atoms with Gasteiger partial charge >= 0.3 is 0 Å². The van der Waals surface area contributed by atoms with Crippen LogP contribution in [0.4, 0.5) is 5.13 Å². The van der Waals surface area contributed by atoms with Gasteiger partial charge in [-0.15, -0.1) is 11.3 Å². The van der Waals surface area contributed by atoms with E-state index in [9.17, 15) is 0 Å². The summed E-state index contributed by atoms with van der Waals surface area (Å²) < 4.78 is 5.66. The Bertz CT molecular complexity index is 834. The van der Waals surface area contributed by atoms with Crippen LogP contribution in [0.5, 0.6) is 5.75 Å². The Kier molecular flexibility index (Phi) is 7.80. The Morgan fingerprint density at radius 2 is 2.19 bits per heavy atom. The van der Waals surface area contributed by atoms with Gasteiger partial charge in [0.25, 0.3) is 0 Å². The van der Waals surface area contributed by atoms with E-state index in [2.05, 4.69) is 42.9 Å². The van der Waals surface area contributed by atoms with Crippen LogP contribution in [-0.4, -0.2) is 17.4 Å². The first-order valence-electron chi connectivity index (χ1n) is 9.29. The molecular formula is C22H29N3OS. The third kappa shape index (κ3) is 6.07. The lowest BCUT2D eigenvalue weighted by Crippen LogP contribution is -2.12. The highest BCUT2D eigenvalue weighted by molar-refractivity contribution is 7.16. The topological polar surface area (TPSA) is 46.5 Å². The lowest BCUT2D eigenvalue weighted by Gasteiger charge is -2.07. The van der Waals surface area contributed by atoms with Gasteiger partial charge in [-0.25, -0.2) is 9.98 Å². The van der Waals surface area contributed by atoms with Crippen LogP contribution in [0.25, 0.3) is 11.3 Å². The number of thiazole rings is 1. The van der Waals surface area contributed by atoms with Gasteiger partial charge in [0.2, 0.25) is 0 Å². The molecule has 0 unspecified atom stereocenters. The summed E-state index contributed by atoms with van der Waals surface area (Å²) in [6, 6.07) is 8.13. The summed E-state index contributed by atoms with van der Waals surface area (Å²) >= 11 is 1.67. The van der Waals surface area contributed by atoms with Crippen molar-refractivity contribution in [2.75, 3.05) is 11.9 Å². The van der Waals surface area contributed by atoms with Crippen molar-refractivity contribution in [1.29, 1.82) is 0 Å². The summed E-state index contributed by atoms with van der Waals surface area (Å²) in [6.07, 6.45) is 4.62. The molecule has 2 aromatic rings. The zero-order valence-electron chi connectivity index (χ0n) is 16.9. The minimum absolute atomic E-state index is 0.546. The number of nitrogens with zero attached hydrogens (tertiary/aromatic N) is 2. The molecule has 1 aromatic carbocycles. The van der Waals surface area contributed by atoms with E-state index in [1.807, 2.05) is 39.0 Å². The van der Waals surface area contributed by atoms with Crippen molar-refractivity contribution >= 4 is 22.3 Å². The van der Waals surface area contributed by atoms with E-state index >= 15 is 0 Å². The maximum atomic E-state index is 5.66. The summed E-state index contributed by atoms with van der Waals surface area (Å²) in [5, 5.41) is 4.16. The molecule has 0 fully saturated rings. The van der Waals surface area contributed by atoms with Crippen molar-refractivity contribution in [1.82, 2.24) is 4.98 Å². The first-order chi connectivity index (χ1) is 12.9. The zero-order valence-corrected chi connectivity index (χ0v) is 17.7. The molecule has 0 aliphatic carbocycles. The molecule has 0 saturated heterocycles. The van der Waals surface area contributed by atoms with Crippen molar-refractivity contribution in [3.05, 3.63) is 53.6 Å². The highest BCUT2D eigenvalue weighted by Gasteiger charge is 2.16. The largest absolute Gasteiger partial charge is 0.494 e. The second-order valence-electron chi connectivity index (χ2n) is 6.72. The van der Waals surface area contributed by atoms with Crippen LogP contribution in [0.15, 0.2) is 53.7 Å². The molecule has 4 nitrogen and oxygen atoms in total. The number of allylic oxidation sites excluding steroid dienone is 1. The van der Waals surface area contributed by atoms with E-state index in [-0.39, 0.29) is 0 Å². The van der Waals surface area contributed by atoms with Gasteiger partial charge in [0.15, 0.2) is 5.13 Å². The molecule has 5 heteroatoms. The number of nitrogens with one attached hydrogen (secondary N) is 1. The first kappa shape index (κ1) is 20.9. The van der Waals surface area contributed by atoms with Crippen molar-refractivity contribution in [2.45, 2.75) is 41.0 Å². The highest BCUT2D eigenvalue weighted by atomic mass is 32.1. The lowest BCUT2D eigenvalue weighted by atomic mass is 10.0. The zero-order chi connectivity index (χ0) is 19.8. The third-order valence-corrected chi connectivity index (χ3v) is 4.68. The molecule has 0 atom stereocenters. The summed E-state index contributed by atoms with van der Waals surface area (Å²) in [7, 11) is 0. The average Bonchev–Trinajstić information content (AvgIpc) is 3.00. The molecule has 1 heterocycles. The number of rotatable bonds is 8. The molecule has 0 bridgehead atoms. The molecule has 0 aliphatic rings. The molecule has 144 valence electrons. The lowest BCUT2D eigenvalue weighted by molar-refractivity contribution is 0.340. The van der Waals surface area contributed by atoms with Crippen LogP contribution >= 0.6 is 11.3 Å². The predicted molar refractivity (Wildman–Crippen MR) is 118 cm³/mol. The number of hydrogen-bond donors (Lipinski definition) is 1. The number of ether oxygens (including phenoxy) is 1. The Morgan fingerprint density at radius 1 is 1.41 bits per heavy atom. The van der Waals surface area contributed by atoms with Crippen molar-refractivity contribution in [3.8, 4) is 17.0 Å². The van der Waals surface area contributed by atoms with Crippen molar-refractivity contribution < 1.29 is 4.74 Å². The van der Waals surface area contributed by atoms with Crippen LogP contribution in [0.3, 0.4) is 0 Å². The predicted octanol–water partition coefficient (Wildman–Crippen LogP) is 6.33. The number of benzene rings is 1. The number of anilines is 1. The maximum absolute atomic E-state index is 5.66.